The predicted molar refractivity (Wildman–Crippen MR) is 139 cm³/mol. The minimum Gasteiger partial charge on any atom is -0.378 e. The predicted octanol–water partition coefficient (Wildman–Crippen LogP) is 2.91. The molecule has 0 spiro atoms. The summed E-state index contributed by atoms with van der Waals surface area (Å²) in [5.41, 5.74) is 1.57. The smallest absolute Gasteiger partial charge is 0.332 e. The molecule has 12 heteroatoms. The van der Waals surface area contributed by atoms with Gasteiger partial charge in [-0.3, -0.25) is 18.5 Å². The number of benzene rings is 2. The highest BCUT2D eigenvalue weighted by Gasteiger charge is 2.19. The van der Waals surface area contributed by atoms with E-state index >= 15 is 0 Å². The number of aromatic nitrogens is 7. The van der Waals surface area contributed by atoms with Gasteiger partial charge in [-0.05, 0) is 70.8 Å². The molecule has 0 atom stereocenters. The SMILES string of the molecule is Cn1c(=O)c2[nH]c(Sc3nnc(CNc4ccc(I)cc4)n3-c3ccccc3)nc2n(C)c1=O. The summed E-state index contributed by atoms with van der Waals surface area (Å²) in [6, 6.07) is 17.9. The van der Waals surface area contributed by atoms with Crippen LogP contribution in [0.25, 0.3) is 16.9 Å². The van der Waals surface area contributed by atoms with Crippen molar-refractivity contribution in [1.29, 1.82) is 0 Å². The van der Waals surface area contributed by atoms with Crippen LogP contribution in [-0.4, -0.2) is 33.9 Å². The molecular weight excluding hydrogens is 567 g/mol. The van der Waals surface area contributed by atoms with Gasteiger partial charge < -0.3 is 10.3 Å². The molecule has 0 aliphatic rings. The lowest BCUT2D eigenvalue weighted by Crippen LogP contribution is -2.36. The molecule has 5 rings (SSSR count). The molecule has 0 fully saturated rings. The number of aromatic amines is 1. The molecule has 0 aliphatic carbocycles. The Labute approximate surface area is 211 Å². The van der Waals surface area contributed by atoms with Crippen molar-refractivity contribution in [2.75, 3.05) is 5.32 Å². The third kappa shape index (κ3) is 4.14. The summed E-state index contributed by atoms with van der Waals surface area (Å²) in [6.45, 7) is 0.457. The average Bonchev–Trinajstić information content (AvgIpc) is 3.46. The van der Waals surface area contributed by atoms with E-state index in [1.807, 2.05) is 59.2 Å². The molecule has 0 unspecified atom stereocenters. The quantitative estimate of drug-likeness (QED) is 0.294. The summed E-state index contributed by atoms with van der Waals surface area (Å²) in [5, 5.41) is 13.2. The van der Waals surface area contributed by atoms with Crippen molar-refractivity contribution in [3.05, 3.63) is 84.8 Å². The number of aryl methyl sites for hydroxylation is 1. The molecule has 0 aliphatic heterocycles. The minimum atomic E-state index is -0.433. The lowest BCUT2D eigenvalue weighted by atomic mass is 10.3. The van der Waals surface area contributed by atoms with Crippen LogP contribution in [0.2, 0.25) is 0 Å². The molecule has 0 saturated carbocycles. The second-order valence-electron chi connectivity index (χ2n) is 7.48. The van der Waals surface area contributed by atoms with Gasteiger partial charge in [-0.15, -0.1) is 10.2 Å². The number of nitrogens with zero attached hydrogens (tertiary/aromatic N) is 6. The number of para-hydroxylation sites is 1. The van der Waals surface area contributed by atoms with E-state index in [1.165, 1.54) is 23.4 Å². The molecule has 2 aromatic carbocycles. The van der Waals surface area contributed by atoms with Gasteiger partial charge in [0.05, 0.1) is 6.54 Å². The summed E-state index contributed by atoms with van der Waals surface area (Å²) in [5.74, 6) is 0.715. The maximum Gasteiger partial charge on any atom is 0.332 e. The number of rotatable bonds is 6. The molecular formula is C22H19IN8O2S. The number of fused-ring (bicyclic) bond motifs is 1. The van der Waals surface area contributed by atoms with Crippen molar-refractivity contribution in [2.24, 2.45) is 14.1 Å². The maximum atomic E-state index is 12.5. The molecule has 10 nitrogen and oxygen atoms in total. The van der Waals surface area contributed by atoms with Gasteiger partial charge >= 0.3 is 5.69 Å². The first-order valence-corrected chi connectivity index (χ1v) is 12.1. The Morgan fingerprint density at radius 3 is 2.47 bits per heavy atom. The van der Waals surface area contributed by atoms with Crippen LogP contribution in [0, 0.1) is 3.57 Å². The molecule has 172 valence electrons. The van der Waals surface area contributed by atoms with Crippen molar-refractivity contribution in [2.45, 2.75) is 16.9 Å². The van der Waals surface area contributed by atoms with Gasteiger partial charge in [-0.25, -0.2) is 9.78 Å². The van der Waals surface area contributed by atoms with Crippen molar-refractivity contribution in [3.63, 3.8) is 0 Å². The van der Waals surface area contributed by atoms with Crippen LogP contribution in [0.4, 0.5) is 5.69 Å². The van der Waals surface area contributed by atoms with Crippen LogP contribution < -0.4 is 16.6 Å². The third-order valence-corrected chi connectivity index (χ3v) is 6.82. The first kappa shape index (κ1) is 22.4. The van der Waals surface area contributed by atoms with Crippen LogP contribution in [0.5, 0.6) is 0 Å². The summed E-state index contributed by atoms with van der Waals surface area (Å²) in [7, 11) is 3.02. The number of nitrogens with one attached hydrogen (secondary N) is 2. The Bertz CT molecular complexity index is 1600. The molecule has 3 aromatic heterocycles. The van der Waals surface area contributed by atoms with Crippen LogP contribution in [-0.2, 0) is 20.6 Å². The van der Waals surface area contributed by atoms with Gasteiger partial charge in [-0.1, -0.05) is 18.2 Å². The second kappa shape index (κ2) is 9.10. The zero-order chi connectivity index (χ0) is 23.8. The van der Waals surface area contributed by atoms with Gasteiger partial charge in [0.2, 0.25) is 5.16 Å². The van der Waals surface area contributed by atoms with E-state index in [4.69, 9.17) is 0 Å². The van der Waals surface area contributed by atoms with Crippen LogP contribution in [0.3, 0.4) is 0 Å². The maximum absolute atomic E-state index is 12.5. The number of imidazole rings is 1. The van der Waals surface area contributed by atoms with E-state index < -0.39 is 11.2 Å². The minimum absolute atomic E-state index is 0.262. The fourth-order valence-corrected chi connectivity index (χ4v) is 4.71. The zero-order valence-electron chi connectivity index (χ0n) is 18.2. The molecule has 0 bridgehead atoms. The zero-order valence-corrected chi connectivity index (χ0v) is 21.2. The van der Waals surface area contributed by atoms with Crippen LogP contribution >= 0.6 is 34.4 Å². The molecule has 3 heterocycles. The van der Waals surface area contributed by atoms with Crippen molar-refractivity contribution >= 4 is 51.2 Å². The van der Waals surface area contributed by atoms with Gasteiger partial charge in [0.15, 0.2) is 22.1 Å². The van der Waals surface area contributed by atoms with Gasteiger partial charge in [0.25, 0.3) is 5.56 Å². The normalized spacial score (nSPS) is 11.3. The topological polar surface area (TPSA) is 115 Å². The van der Waals surface area contributed by atoms with E-state index in [9.17, 15) is 9.59 Å². The lowest BCUT2D eigenvalue weighted by Gasteiger charge is -2.11. The third-order valence-electron chi connectivity index (χ3n) is 5.27. The molecule has 0 saturated heterocycles. The van der Waals surface area contributed by atoms with Gasteiger partial charge in [0.1, 0.15) is 0 Å². The second-order valence-corrected chi connectivity index (χ2v) is 9.68. The van der Waals surface area contributed by atoms with Gasteiger partial charge in [-0.2, -0.15) is 0 Å². The van der Waals surface area contributed by atoms with E-state index in [1.54, 1.807) is 7.05 Å². The first-order chi connectivity index (χ1) is 16.4. The Morgan fingerprint density at radius 2 is 1.74 bits per heavy atom. The van der Waals surface area contributed by atoms with Crippen LogP contribution in [0.15, 0.2) is 74.5 Å². The van der Waals surface area contributed by atoms with Crippen LogP contribution in [0.1, 0.15) is 5.82 Å². The van der Waals surface area contributed by atoms with E-state index in [2.05, 4.69) is 48.1 Å². The van der Waals surface area contributed by atoms with E-state index in [-0.39, 0.29) is 5.52 Å². The summed E-state index contributed by atoms with van der Waals surface area (Å²) >= 11 is 3.51. The van der Waals surface area contributed by atoms with Crippen molar-refractivity contribution < 1.29 is 0 Å². The number of anilines is 1. The first-order valence-electron chi connectivity index (χ1n) is 10.2. The highest BCUT2D eigenvalue weighted by atomic mass is 127. The Hall–Kier alpha value is -3.39. The highest BCUT2D eigenvalue weighted by molar-refractivity contribution is 14.1. The number of halogens is 1. The summed E-state index contributed by atoms with van der Waals surface area (Å²) < 4.78 is 5.49. The van der Waals surface area contributed by atoms with E-state index in [0.29, 0.717) is 28.3 Å². The van der Waals surface area contributed by atoms with E-state index in [0.717, 1.165) is 19.5 Å². The lowest BCUT2D eigenvalue weighted by molar-refractivity contribution is 0.708. The molecule has 5 aromatic rings. The molecule has 34 heavy (non-hydrogen) atoms. The van der Waals surface area contributed by atoms with Gasteiger partial charge in [0, 0.05) is 29.0 Å². The highest BCUT2D eigenvalue weighted by Crippen LogP contribution is 2.28. The fraction of sp³-hybridized carbons (Fsp3) is 0.136. The largest absolute Gasteiger partial charge is 0.378 e. The Balaban J connectivity index is 1.52. The Morgan fingerprint density at radius 1 is 1.00 bits per heavy atom. The number of hydrogen-bond acceptors (Lipinski definition) is 7. The number of hydrogen-bond donors (Lipinski definition) is 2. The summed E-state index contributed by atoms with van der Waals surface area (Å²) in [6.07, 6.45) is 0. The molecule has 0 amide bonds. The Kier molecular flexibility index (Phi) is 6.00. The monoisotopic (exact) mass is 586 g/mol. The molecule has 0 radical (unpaired) electrons. The standard InChI is InChI=1S/C22H19IN8O2S/c1-29-18-17(19(32)30(2)22(29)33)25-20(26-18)34-21-28-27-16(31(21)15-6-4-3-5-7-15)12-24-14-10-8-13(23)9-11-14/h3-11,24H,12H2,1-2H3,(H,25,26). The van der Waals surface area contributed by atoms with Crippen molar-refractivity contribution in [3.8, 4) is 5.69 Å². The molecule has 2 N–H and O–H groups in total. The fourth-order valence-electron chi connectivity index (χ4n) is 3.51. The summed E-state index contributed by atoms with van der Waals surface area (Å²) in [4.78, 5) is 32.3. The average molecular weight is 586 g/mol. The van der Waals surface area contributed by atoms with Crippen molar-refractivity contribution in [1.82, 2.24) is 33.9 Å². The number of H-pyrrole nitrogens is 1.